The summed E-state index contributed by atoms with van der Waals surface area (Å²) < 4.78 is 2.10. The zero-order valence-corrected chi connectivity index (χ0v) is 8.57. The summed E-state index contributed by atoms with van der Waals surface area (Å²) in [6.07, 6.45) is 3.95. The van der Waals surface area contributed by atoms with Gasteiger partial charge >= 0.3 is 0 Å². The summed E-state index contributed by atoms with van der Waals surface area (Å²) >= 11 is 0. The number of nitrogens with zero attached hydrogens (tertiary/aromatic N) is 2. The number of rotatable bonds is 2. The molecule has 0 aromatic carbocycles. The number of imidazole rings is 1. The quantitative estimate of drug-likeness (QED) is 0.781. The van der Waals surface area contributed by atoms with Gasteiger partial charge in [0, 0.05) is 6.20 Å². The molecule has 3 heteroatoms. The van der Waals surface area contributed by atoms with Gasteiger partial charge in [-0.05, 0) is 31.0 Å². The fraction of sp³-hybridized carbons (Fsp3) is 0.364. The highest BCUT2D eigenvalue weighted by Crippen LogP contribution is 2.20. The maximum atomic E-state index is 5.67. The average Bonchev–Trinajstić information content (AvgIpc) is 2.59. The predicted octanol–water partition coefficient (Wildman–Crippen LogP) is 1.70. The Morgan fingerprint density at radius 1 is 1.57 bits per heavy atom. The van der Waals surface area contributed by atoms with E-state index in [1.54, 1.807) is 0 Å². The SMILES string of the molecule is Cc1ncc2c(C(C)CN)cccn12. The lowest BCUT2D eigenvalue weighted by Gasteiger charge is -2.10. The summed E-state index contributed by atoms with van der Waals surface area (Å²) in [5.41, 5.74) is 8.12. The standard InChI is InChI=1S/C11H15N3/c1-8(6-12)10-4-3-5-14-9(2)13-7-11(10)14/h3-5,7-8H,6,12H2,1-2H3. The highest BCUT2D eigenvalue weighted by molar-refractivity contribution is 5.55. The molecule has 1 unspecified atom stereocenters. The highest BCUT2D eigenvalue weighted by atomic mass is 15.0. The van der Waals surface area contributed by atoms with Crippen molar-refractivity contribution in [2.75, 3.05) is 6.54 Å². The normalized spacial score (nSPS) is 13.4. The van der Waals surface area contributed by atoms with Crippen LogP contribution in [0.5, 0.6) is 0 Å². The Balaban J connectivity index is 2.65. The van der Waals surface area contributed by atoms with Crippen molar-refractivity contribution in [2.45, 2.75) is 19.8 Å². The van der Waals surface area contributed by atoms with Gasteiger partial charge in [0.15, 0.2) is 0 Å². The van der Waals surface area contributed by atoms with Crippen molar-refractivity contribution < 1.29 is 0 Å². The first-order valence-corrected chi connectivity index (χ1v) is 4.86. The van der Waals surface area contributed by atoms with Gasteiger partial charge in [-0.15, -0.1) is 0 Å². The van der Waals surface area contributed by atoms with Crippen molar-refractivity contribution in [1.82, 2.24) is 9.38 Å². The smallest absolute Gasteiger partial charge is 0.110 e. The first-order valence-electron chi connectivity index (χ1n) is 4.86. The number of nitrogens with two attached hydrogens (primary N) is 1. The molecule has 74 valence electrons. The Morgan fingerprint density at radius 3 is 3.07 bits per heavy atom. The molecule has 2 rings (SSSR count). The van der Waals surface area contributed by atoms with E-state index in [-0.39, 0.29) is 0 Å². The zero-order valence-electron chi connectivity index (χ0n) is 8.57. The van der Waals surface area contributed by atoms with Gasteiger partial charge in [-0.2, -0.15) is 0 Å². The van der Waals surface area contributed by atoms with E-state index >= 15 is 0 Å². The van der Waals surface area contributed by atoms with E-state index in [0.29, 0.717) is 12.5 Å². The Kier molecular flexibility index (Phi) is 2.25. The van der Waals surface area contributed by atoms with Crippen molar-refractivity contribution in [3.8, 4) is 0 Å². The lowest BCUT2D eigenvalue weighted by atomic mass is 10.0. The van der Waals surface area contributed by atoms with Crippen LogP contribution >= 0.6 is 0 Å². The molecule has 0 aliphatic heterocycles. The number of aryl methyl sites for hydroxylation is 1. The minimum absolute atomic E-state index is 0.384. The molecular formula is C11H15N3. The minimum atomic E-state index is 0.384. The Bertz CT molecular complexity index is 445. The minimum Gasteiger partial charge on any atom is -0.330 e. The molecule has 0 saturated carbocycles. The Labute approximate surface area is 83.6 Å². The summed E-state index contributed by atoms with van der Waals surface area (Å²) in [4.78, 5) is 4.30. The van der Waals surface area contributed by atoms with Crippen molar-refractivity contribution >= 4 is 5.52 Å². The Morgan fingerprint density at radius 2 is 2.36 bits per heavy atom. The maximum absolute atomic E-state index is 5.67. The molecule has 2 heterocycles. The average molecular weight is 189 g/mol. The molecule has 2 aromatic rings. The molecule has 1 atom stereocenters. The highest BCUT2D eigenvalue weighted by Gasteiger charge is 2.09. The number of pyridine rings is 1. The fourth-order valence-electron chi connectivity index (χ4n) is 1.72. The van der Waals surface area contributed by atoms with Gasteiger partial charge in [0.25, 0.3) is 0 Å². The van der Waals surface area contributed by atoms with Crippen LogP contribution < -0.4 is 5.73 Å². The van der Waals surface area contributed by atoms with Crippen LogP contribution in [0, 0.1) is 6.92 Å². The van der Waals surface area contributed by atoms with Crippen LogP contribution in [0.15, 0.2) is 24.5 Å². The van der Waals surface area contributed by atoms with E-state index in [1.807, 2.05) is 25.4 Å². The first-order chi connectivity index (χ1) is 6.74. The second-order valence-electron chi connectivity index (χ2n) is 3.66. The maximum Gasteiger partial charge on any atom is 0.110 e. The number of hydrogen-bond acceptors (Lipinski definition) is 2. The molecular weight excluding hydrogens is 174 g/mol. The third-order valence-corrected chi connectivity index (χ3v) is 2.67. The predicted molar refractivity (Wildman–Crippen MR) is 57.4 cm³/mol. The molecule has 0 aliphatic carbocycles. The monoisotopic (exact) mass is 189 g/mol. The van der Waals surface area contributed by atoms with Crippen LogP contribution in [0.3, 0.4) is 0 Å². The molecule has 2 N–H and O–H groups in total. The molecule has 2 aromatic heterocycles. The summed E-state index contributed by atoms with van der Waals surface area (Å²) in [7, 11) is 0. The topological polar surface area (TPSA) is 43.3 Å². The number of hydrogen-bond donors (Lipinski definition) is 1. The number of fused-ring (bicyclic) bond motifs is 1. The van der Waals surface area contributed by atoms with Crippen LogP contribution in [0.1, 0.15) is 24.2 Å². The molecule has 0 bridgehead atoms. The third kappa shape index (κ3) is 1.30. The second-order valence-corrected chi connectivity index (χ2v) is 3.66. The van der Waals surface area contributed by atoms with E-state index in [1.165, 1.54) is 11.1 Å². The van der Waals surface area contributed by atoms with E-state index in [4.69, 9.17) is 5.73 Å². The first kappa shape index (κ1) is 9.21. The van der Waals surface area contributed by atoms with Crippen molar-refractivity contribution in [3.63, 3.8) is 0 Å². The summed E-state index contributed by atoms with van der Waals surface area (Å²) in [5, 5.41) is 0. The lowest BCUT2D eigenvalue weighted by molar-refractivity contribution is 0.775. The second kappa shape index (κ2) is 3.42. The van der Waals surface area contributed by atoms with Crippen molar-refractivity contribution in [1.29, 1.82) is 0 Å². The van der Waals surface area contributed by atoms with Gasteiger partial charge in [0.2, 0.25) is 0 Å². The van der Waals surface area contributed by atoms with Crippen LogP contribution in [0.25, 0.3) is 5.52 Å². The van der Waals surface area contributed by atoms with E-state index in [0.717, 1.165) is 5.82 Å². The van der Waals surface area contributed by atoms with Gasteiger partial charge in [-0.25, -0.2) is 4.98 Å². The Hall–Kier alpha value is -1.35. The largest absolute Gasteiger partial charge is 0.330 e. The van der Waals surface area contributed by atoms with Gasteiger partial charge < -0.3 is 10.1 Å². The van der Waals surface area contributed by atoms with E-state index in [9.17, 15) is 0 Å². The van der Waals surface area contributed by atoms with Crippen LogP contribution in [-0.4, -0.2) is 15.9 Å². The molecule has 0 saturated heterocycles. The molecule has 0 aliphatic rings. The van der Waals surface area contributed by atoms with Crippen LogP contribution in [-0.2, 0) is 0 Å². The van der Waals surface area contributed by atoms with Gasteiger partial charge in [0.05, 0.1) is 11.7 Å². The van der Waals surface area contributed by atoms with Crippen molar-refractivity contribution in [2.24, 2.45) is 5.73 Å². The van der Waals surface area contributed by atoms with Gasteiger partial charge in [-0.1, -0.05) is 13.0 Å². The van der Waals surface area contributed by atoms with Gasteiger partial charge in [-0.3, -0.25) is 0 Å². The molecule has 0 radical (unpaired) electrons. The molecule has 0 fully saturated rings. The number of aromatic nitrogens is 2. The summed E-state index contributed by atoms with van der Waals surface area (Å²) in [6.45, 7) is 4.81. The molecule has 0 spiro atoms. The molecule has 0 amide bonds. The lowest BCUT2D eigenvalue weighted by Crippen LogP contribution is -2.09. The van der Waals surface area contributed by atoms with Crippen molar-refractivity contribution in [3.05, 3.63) is 35.9 Å². The van der Waals surface area contributed by atoms with Crippen LogP contribution in [0.2, 0.25) is 0 Å². The van der Waals surface area contributed by atoms with Crippen LogP contribution in [0.4, 0.5) is 0 Å². The third-order valence-electron chi connectivity index (χ3n) is 2.67. The summed E-state index contributed by atoms with van der Waals surface area (Å²) in [6, 6.07) is 4.16. The van der Waals surface area contributed by atoms with E-state index < -0.39 is 0 Å². The molecule has 3 nitrogen and oxygen atoms in total. The fourth-order valence-corrected chi connectivity index (χ4v) is 1.72. The van der Waals surface area contributed by atoms with E-state index in [2.05, 4.69) is 22.4 Å². The molecule has 14 heavy (non-hydrogen) atoms. The summed E-state index contributed by atoms with van der Waals surface area (Å²) in [5.74, 6) is 1.40. The van der Waals surface area contributed by atoms with Gasteiger partial charge in [0.1, 0.15) is 5.82 Å². The zero-order chi connectivity index (χ0) is 10.1.